The molecule has 1 aliphatic rings. The van der Waals surface area contributed by atoms with Crippen LogP contribution in [0.4, 0.5) is 11.4 Å². The Kier molecular flexibility index (Phi) is 8.30. The van der Waals surface area contributed by atoms with Crippen molar-refractivity contribution in [2.45, 2.75) is 72.0 Å². The summed E-state index contributed by atoms with van der Waals surface area (Å²) in [7, 11) is -8.00. The fourth-order valence-corrected chi connectivity index (χ4v) is 34.0. The number of hydrogen-bond acceptors (Lipinski definition) is 4. The van der Waals surface area contributed by atoms with Crippen molar-refractivity contribution in [1.29, 1.82) is 0 Å². The Balaban J connectivity index is 2.04. The van der Waals surface area contributed by atoms with E-state index >= 15 is 0 Å². The maximum absolute atomic E-state index is 14.5. The molecule has 0 amide bonds. The quantitative estimate of drug-likeness (QED) is 0.228. The normalized spacial score (nSPS) is 15.1. The summed E-state index contributed by atoms with van der Waals surface area (Å²) < 4.78 is 62.3. The molecular formula is C28H36N2O4S2Sn. The average molecular weight is 647 g/mol. The summed E-state index contributed by atoms with van der Waals surface area (Å²) in [6.07, 6.45) is 3.26. The van der Waals surface area contributed by atoms with E-state index < -0.39 is 39.0 Å². The number of aryl methyl sites for hydroxylation is 2. The minimum absolute atomic E-state index is 0.205. The topological polar surface area (TPSA) is 74.8 Å². The molecule has 0 fully saturated rings. The third-order valence-electron chi connectivity index (χ3n) is 7.06. The summed E-state index contributed by atoms with van der Waals surface area (Å²) in [5.74, 6) is 0. The van der Waals surface area contributed by atoms with Gasteiger partial charge in [0.25, 0.3) is 0 Å². The Hall–Kier alpha value is -2.04. The van der Waals surface area contributed by atoms with Crippen molar-refractivity contribution >= 4 is 50.3 Å². The molecule has 9 heteroatoms. The molecule has 37 heavy (non-hydrogen) atoms. The molecule has 1 heterocycles. The zero-order chi connectivity index (χ0) is 26.8. The standard InChI is InChI=1S/C20H18N2O4S2.2C4H9.Sn/c1-15-7-11-17(12-8-15)27(23,24)21-19-5-3-4-6-20(19)22-28(25,26)18-13-9-16(2)10-14-18;2*1-3-4-2;/h3-14H,1-2H3;2*1,3-4H2,2H3;/q-2;;;+2. The molecule has 0 atom stereocenters. The molecule has 198 valence electrons. The van der Waals surface area contributed by atoms with Gasteiger partial charge in [0.05, 0.1) is 0 Å². The molecule has 4 rings (SSSR count). The third kappa shape index (κ3) is 5.04. The van der Waals surface area contributed by atoms with Gasteiger partial charge in [-0.2, -0.15) is 0 Å². The van der Waals surface area contributed by atoms with Gasteiger partial charge in [-0.25, -0.2) is 0 Å². The first-order chi connectivity index (χ1) is 17.6. The minimum atomic E-state index is -4.49. The van der Waals surface area contributed by atoms with E-state index in [1.165, 1.54) is 0 Å². The predicted molar refractivity (Wildman–Crippen MR) is 153 cm³/mol. The van der Waals surface area contributed by atoms with E-state index in [0.717, 1.165) is 36.8 Å². The van der Waals surface area contributed by atoms with Gasteiger partial charge in [0.2, 0.25) is 0 Å². The van der Waals surface area contributed by atoms with E-state index in [1.807, 2.05) is 13.8 Å². The van der Waals surface area contributed by atoms with Crippen LogP contribution in [-0.4, -0.2) is 35.8 Å². The monoisotopic (exact) mass is 648 g/mol. The van der Waals surface area contributed by atoms with Gasteiger partial charge in [-0.3, -0.25) is 0 Å². The Morgan fingerprint density at radius 3 is 1.27 bits per heavy atom. The van der Waals surface area contributed by atoms with Crippen LogP contribution in [0.25, 0.3) is 0 Å². The number of hydrogen-bond donors (Lipinski definition) is 0. The SMILES string of the molecule is CCC[CH2][Sn]1([CH2]CCC)[N](S(=O)(=O)c2ccc(C)cc2)c2ccccc2[N]1S(=O)(=O)c1ccc(C)cc1. The number of rotatable bonds is 10. The first kappa shape index (κ1) is 28.0. The van der Waals surface area contributed by atoms with Gasteiger partial charge in [0.1, 0.15) is 0 Å². The molecule has 0 N–H and O–H groups in total. The molecule has 0 saturated heterocycles. The fraction of sp³-hybridized carbons (Fsp3) is 0.357. The third-order valence-corrected chi connectivity index (χ3v) is 31.1. The number of para-hydroxylation sites is 2. The van der Waals surface area contributed by atoms with Crippen molar-refractivity contribution in [1.82, 2.24) is 0 Å². The van der Waals surface area contributed by atoms with Crippen molar-refractivity contribution in [2.24, 2.45) is 0 Å². The summed E-state index contributed by atoms with van der Waals surface area (Å²) in [6.45, 7) is 7.98. The van der Waals surface area contributed by atoms with E-state index in [4.69, 9.17) is 0 Å². The fourth-order valence-electron chi connectivity index (χ4n) is 5.13. The van der Waals surface area contributed by atoms with Crippen LogP contribution >= 0.6 is 0 Å². The van der Waals surface area contributed by atoms with Crippen LogP contribution in [0.2, 0.25) is 8.87 Å². The first-order valence-electron chi connectivity index (χ1n) is 12.9. The number of fused-ring (bicyclic) bond motifs is 1. The zero-order valence-corrected chi connectivity index (χ0v) is 26.5. The molecular weight excluding hydrogens is 611 g/mol. The predicted octanol–water partition coefficient (Wildman–Crippen LogP) is 6.75. The van der Waals surface area contributed by atoms with Crippen molar-refractivity contribution in [3.63, 3.8) is 0 Å². The number of anilines is 2. The van der Waals surface area contributed by atoms with E-state index in [2.05, 4.69) is 13.8 Å². The molecule has 6 nitrogen and oxygen atoms in total. The van der Waals surface area contributed by atoms with Gasteiger partial charge in [0.15, 0.2) is 0 Å². The zero-order valence-electron chi connectivity index (χ0n) is 22.0. The Bertz CT molecular complexity index is 1340. The Labute approximate surface area is 227 Å². The first-order valence-corrected chi connectivity index (χ1v) is 22.4. The van der Waals surface area contributed by atoms with Gasteiger partial charge < -0.3 is 0 Å². The van der Waals surface area contributed by atoms with E-state index in [0.29, 0.717) is 20.2 Å². The van der Waals surface area contributed by atoms with Crippen molar-refractivity contribution in [2.75, 3.05) is 5.05 Å². The Morgan fingerprint density at radius 1 is 0.595 bits per heavy atom. The van der Waals surface area contributed by atoms with Crippen LogP contribution in [0, 0.1) is 13.8 Å². The molecule has 0 aliphatic carbocycles. The van der Waals surface area contributed by atoms with Crippen LogP contribution in [0.1, 0.15) is 50.7 Å². The number of benzene rings is 3. The van der Waals surface area contributed by atoms with Crippen LogP contribution in [0.5, 0.6) is 0 Å². The van der Waals surface area contributed by atoms with Crippen LogP contribution < -0.4 is 5.05 Å². The van der Waals surface area contributed by atoms with Gasteiger partial charge in [-0.05, 0) is 0 Å². The maximum atomic E-state index is 14.5. The van der Waals surface area contributed by atoms with Crippen molar-refractivity contribution in [3.05, 3.63) is 83.9 Å². The summed E-state index contributed by atoms with van der Waals surface area (Å²) in [4.78, 5) is 0.410. The molecule has 3 aromatic rings. The summed E-state index contributed by atoms with van der Waals surface area (Å²) in [6, 6.07) is 20.9. The second-order valence-corrected chi connectivity index (χ2v) is 26.3. The van der Waals surface area contributed by atoms with Crippen LogP contribution in [0.15, 0.2) is 82.6 Å². The van der Waals surface area contributed by atoms with Crippen LogP contribution in [-0.2, 0) is 20.0 Å². The summed E-state index contributed by atoms with van der Waals surface area (Å²) >= 11 is -4.49. The summed E-state index contributed by atoms with van der Waals surface area (Å²) in [5, 5.41) is 0. The van der Waals surface area contributed by atoms with Gasteiger partial charge >= 0.3 is 228 Å². The number of sulfonamides is 2. The van der Waals surface area contributed by atoms with Gasteiger partial charge in [0, 0.05) is 0 Å². The molecule has 0 spiro atoms. The average Bonchev–Trinajstić information content (AvgIpc) is 3.18. The van der Waals surface area contributed by atoms with Crippen molar-refractivity contribution in [3.8, 4) is 0 Å². The molecule has 0 unspecified atom stereocenters. The van der Waals surface area contributed by atoms with Crippen LogP contribution in [0.3, 0.4) is 0 Å². The van der Waals surface area contributed by atoms with Crippen molar-refractivity contribution < 1.29 is 16.8 Å². The van der Waals surface area contributed by atoms with Gasteiger partial charge in [-0.15, -0.1) is 0 Å². The molecule has 0 saturated carbocycles. The molecule has 0 aromatic heterocycles. The second-order valence-electron chi connectivity index (χ2n) is 9.84. The molecule has 1 aliphatic heterocycles. The second kappa shape index (κ2) is 11.0. The number of unbranched alkanes of at least 4 members (excludes halogenated alkanes) is 2. The Morgan fingerprint density at radius 2 is 0.946 bits per heavy atom. The van der Waals surface area contributed by atoms with E-state index in [9.17, 15) is 16.8 Å². The molecule has 0 radical (unpaired) electrons. The summed E-state index contributed by atoms with van der Waals surface area (Å²) in [5.41, 5.74) is 2.91. The molecule has 0 bridgehead atoms. The van der Waals surface area contributed by atoms with E-state index in [-0.39, 0.29) is 9.79 Å². The van der Waals surface area contributed by atoms with Gasteiger partial charge in [-0.1, -0.05) is 0 Å². The number of nitrogens with zero attached hydrogens (tertiary/aromatic N) is 2. The van der Waals surface area contributed by atoms with E-state index in [1.54, 1.807) is 77.9 Å². The molecule has 3 aromatic carbocycles.